The van der Waals surface area contributed by atoms with Gasteiger partial charge in [0.2, 0.25) is 0 Å². The van der Waals surface area contributed by atoms with Crippen molar-refractivity contribution in [3.05, 3.63) is 29.8 Å². The van der Waals surface area contributed by atoms with Crippen LogP contribution >= 0.6 is 12.2 Å². The number of hydrogen-bond donors (Lipinski definition) is 1. The molecule has 0 saturated carbocycles. The number of hydrogen-bond acceptors (Lipinski definition) is 2. The smallest absolute Gasteiger partial charge is 0.328 e. The van der Waals surface area contributed by atoms with Gasteiger partial charge in [-0.15, -0.1) is 0 Å². The molecule has 17 heavy (non-hydrogen) atoms. The summed E-state index contributed by atoms with van der Waals surface area (Å²) >= 11 is 5.25. The van der Waals surface area contributed by atoms with Crippen molar-refractivity contribution in [3.8, 4) is 0 Å². The minimum atomic E-state index is -0.243. The third-order valence-corrected chi connectivity index (χ3v) is 2.83. The van der Waals surface area contributed by atoms with Crippen LogP contribution in [-0.2, 0) is 0 Å². The molecule has 0 heterocycles. The molecule has 5 heteroatoms. The van der Waals surface area contributed by atoms with E-state index in [1.165, 1.54) is 4.90 Å². The van der Waals surface area contributed by atoms with Crippen molar-refractivity contribution < 1.29 is 4.79 Å². The van der Waals surface area contributed by atoms with Gasteiger partial charge in [0, 0.05) is 21.1 Å². The van der Waals surface area contributed by atoms with Gasteiger partial charge in [0.15, 0.2) is 5.11 Å². The van der Waals surface area contributed by atoms with Crippen LogP contribution in [0.4, 0.5) is 10.5 Å². The first kappa shape index (κ1) is 13.4. The van der Waals surface area contributed by atoms with Gasteiger partial charge in [-0.05, 0) is 31.3 Å². The van der Waals surface area contributed by atoms with E-state index in [9.17, 15) is 4.79 Å². The second kappa shape index (κ2) is 5.63. The molecule has 0 fully saturated rings. The van der Waals surface area contributed by atoms with Gasteiger partial charge in [0.1, 0.15) is 0 Å². The molecule has 1 rings (SSSR count). The Labute approximate surface area is 107 Å². The maximum atomic E-state index is 11.8. The Hall–Kier alpha value is -1.62. The van der Waals surface area contributed by atoms with Crippen LogP contribution in [0, 0.1) is 6.92 Å². The first-order valence-corrected chi connectivity index (χ1v) is 5.68. The van der Waals surface area contributed by atoms with Crippen molar-refractivity contribution in [2.45, 2.75) is 6.92 Å². The fourth-order valence-electron chi connectivity index (χ4n) is 1.32. The van der Waals surface area contributed by atoms with Crippen LogP contribution in [0.3, 0.4) is 0 Å². The number of nitrogens with zero attached hydrogens (tertiary/aromatic N) is 2. The van der Waals surface area contributed by atoms with E-state index in [0.717, 1.165) is 11.3 Å². The molecule has 4 nitrogen and oxygen atoms in total. The number of urea groups is 1. The lowest BCUT2D eigenvalue weighted by molar-refractivity contribution is 0.250. The summed E-state index contributed by atoms with van der Waals surface area (Å²) in [5.74, 6) is 0. The lowest BCUT2D eigenvalue weighted by Gasteiger charge is -2.27. The van der Waals surface area contributed by atoms with Gasteiger partial charge < -0.3 is 10.2 Å². The zero-order valence-corrected chi connectivity index (χ0v) is 11.3. The quantitative estimate of drug-likeness (QED) is 0.775. The Bertz CT molecular complexity index is 414. The van der Waals surface area contributed by atoms with E-state index in [4.69, 9.17) is 12.2 Å². The highest BCUT2D eigenvalue weighted by atomic mass is 32.1. The highest BCUT2D eigenvalue weighted by molar-refractivity contribution is 7.80. The van der Waals surface area contributed by atoms with Crippen LogP contribution in [0.25, 0.3) is 0 Å². The average molecular weight is 251 g/mol. The fourth-order valence-corrected chi connectivity index (χ4v) is 1.51. The van der Waals surface area contributed by atoms with E-state index < -0.39 is 0 Å². The van der Waals surface area contributed by atoms with Gasteiger partial charge in [-0.1, -0.05) is 17.7 Å². The van der Waals surface area contributed by atoms with E-state index >= 15 is 0 Å². The summed E-state index contributed by atoms with van der Waals surface area (Å²) in [6, 6.07) is 7.40. The molecule has 0 saturated heterocycles. The third kappa shape index (κ3) is 3.17. The monoisotopic (exact) mass is 251 g/mol. The molecular formula is C12H17N3OS. The Kier molecular flexibility index (Phi) is 4.45. The third-order valence-electron chi connectivity index (χ3n) is 2.28. The van der Waals surface area contributed by atoms with Gasteiger partial charge >= 0.3 is 6.03 Å². The largest absolute Gasteiger partial charge is 0.355 e. The summed E-state index contributed by atoms with van der Waals surface area (Å²) in [6.45, 7) is 2.00. The highest BCUT2D eigenvalue weighted by Gasteiger charge is 2.20. The number of aryl methyl sites for hydroxylation is 1. The number of rotatable bonds is 1. The van der Waals surface area contributed by atoms with Crippen LogP contribution in [0.5, 0.6) is 0 Å². The normalized spacial score (nSPS) is 9.65. The second-order valence-electron chi connectivity index (χ2n) is 3.90. The molecule has 0 aliphatic heterocycles. The number of carbonyl (C=O) groups excluding carboxylic acids is 1. The van der Waals surface area contributed by atoms with Crippen molar-refractivity contribution in [1.82, 2.24) is 10.2 Å². The SMILES string of the molecule is CNC(=O)N(C(=S)N(C)C)c1ccc(C)cc1. The van der Waals surface area contributed by atoms with Crippen molar-refractivity contribution in [3.63, 3.8) is 0 Å². The Morgan fingerprint density at radius 2 is 1.76 bits per heavy atom. The first-order valence-electron chi connectivity index (χ1n) is 5.27. The van der Waals surface area contributed by atoms with Crippen LogP contribution in [0.1, 0.15) is 5.56 Å². The Morgan fingerprint density at radius 3 is 2.18 bits per heavy atom. The number of carbonyl (C=O) groups is 1. The second-order valence-corrected chi connectivity index (χ2v) is 4.27. The molecule has 0 atom stereocenters. The van der Waals surface area contributed by atoms with Crippen LogP contribution in [-0.4, -0.2) is 37.2 Å². The first-order chi connectivity index (χ1) is 7.97. The molecule has 0 unspecified atom stereocenters. The fraction of sp³-hybridized carbons (Fsp3) is 0.333. The molecule has 1 aromatic rings. The van der Waals surface area contributed by atoms with Crippen molar-refractivity contribution >= 4 is 29.0 Å². The van der Waals surface area contributed by atoms with Gasteiger partial charge in [-0.2, -0.15) is 0 Å². The number of amides is 2. The van der Waals surface area contributed by atoms with Gasteiger partial charge in [-0.25, -0.2) is 9.69 Å². The van der Waals surface area contributed by atoms with Gasteiger partial charge in [-0.3, -0.25) is 0 Å². The Balaban J connectivity index is 3.10. The molecule has 0 bridgehead atoms. The summed E-state index contributed by atoms with van der Waals surface area (Å²) in [4.78, 5) is 15.0. The van der Waals surface area contributed by atoms with Crippen molar-refractivity contribution in [2.24, 2.45) is 0 Å². The summed E-state index contributed by atoms with van der Waals surface area (Å²) in [5.41, 5.74) is 1.90. The zero-order valence-electron chi connectivity index (χ0n) is 10.5. The summed E-state index contributed by atoms with van der Waals surface area (Å²) in [7, 11) is 5.21. The van der Waals surface area contributed by atoms with Crippen molar-refractivity contribution in [1.29, 1.82) is 0 Å². The average Bonchev–Trinajstić information content (AvgIpc) is 2.31. The maximum Gasteiger partial charge on any atom is 0.328 e. The molecule has 0 radical (unpaired) electrons. The van der Waals surface area contributed by atoms with E-state index in [-0.39, 0.29) is 6.03 Å². The molecular weight excluding hydrogens is 234 g/mol. The minimum Gasteiger partial charge on any atom is -0.355 e. The number of nitrogens with one attached hydrogen (secondary N) is 1. The van der Waals surface area contributed by atoms with Gasteiger partial charge in [0.05, 0.1) is 5.69 Å². The van der Waals surface area contributed by atoms with E-state index in [1.807, 2.05) is 45.3 Å². The van der Waals surface area contributed by atoms with Crippen LogP contribution in [0.15, 0.2) is 24.3 Å². The van der Waals surface area contributed by atoms with Crippen molar-refractivity contribution in [2.75, 3.05) is 26.0 Å². The van der Waals surface area contributed by atoms with Crippen LogP contribution in [0.2, 0.25) is 0 Å². The number of benzene rings is 1. The van der Waals surface area contributed by atoms with E-state index in [1.54, 1.807) is 11.9 Å². The topological polar surface area (TPSA) is 35.6 Å². The van der Waals surface area contributed by atoms with E-state index in [2.05, 4.69) is 5.32 Å². The lowest BCUT2D eigenvalue weighted by Crippen LogP contribution is -2.47. The Morgan fingerprint density at radius 1 is 1.24 bits per heavy atom. The lowest BCUT2D eigenvalue weighted by atomic mass is 10.2. The molecule has 1 aromatic carbocycles. The standard InChI is InChI=1S/C12H17N3OS/c1-9-5-7-10(8-6-9)15(11(16)13-2)12(17)14(3)4/h5-8H,1-4H3,(H,13,16). The van der Waals surface area contributed by atoms with Gasteiger partial charge in [0.25, 0.3) is 0 Å². The summed E-state index contributed by atoms with van der Waals surface area (Å²) < 4.78 is 0. The molecule has 0 spiro atoms. The number of anilines is 1. The van der Waals surface area contributed by atoms with Crippen LogP contribution < -0.4 is 10.2 Å². The zero-order chi connectivity index (χ0) is 13.0. The predicted octanol–water partition coefficient (Wildman–Crippen LogP) is 1.99. The molecule has 0 aliphatic rings. The molecule has 0 aromatic heterocycles. The van der Waals surface area contributed by atoms with E-state index in [0.29, 0.717) is 5.11 Å². The molecule has 1 N–H and O–H groups in total. The maximum absolute atomic E-state index is 11.8. The highest BCUT2D eigenvalue weighted by Crippen LogP contribution is 2.16. The molecule has 0 aliphatic carbocycles. The predicted molar refractivity (Wildman–Crippen MR) is 74.4 cm³/mol. The molecule has 2 amide bonds. The minimum absolute atomic E-state index is 0.243. The molecule has 92 valence electrons. The number of thiocarbonyl (C=S) groups is 1. The summed E-state index contributed by atoms with van der Waals surface area (Å²) in [6.07, 6.45) is 0. The summed E-state index contributed by atoms with van der Waals surface area (Å²) in [5, 5.41) is 3.04.